The maximum Gasteiger partial charge on any atom is 0.164 e. The molecule has 8 aromatic carbocycles. The third kappa shape index (κ3) is 6.52. The highest BCUT2D eigenvalue weighted by molar-refractivity contribution is 6.13. The van der Waals surface area contributed by atoms with Crippen LogP contribution in [-0.4, -0.2) is 15.0 Å². The average Bonchev–Trinajstić information content (AvgIpc) is 3.68. The van der Waals surface area contributed by atoms with Crippen molar-refractivity contribution < 1.29 is 4.42 Å². The third-order valence-electron chi connectivity index (χ3n) is 10.4. The Balaban J connectivity index is 1.08. The summed E-state index contributed by atoms with van der Waals surface area (Å²) in [6.45, 7) is 0. The Bertz CT molecular complexity index is 3130. The maximum atomic E-state index is 9.45. The van der Waals surface area contributed by atoms with E-state index in [-0.39, 0.29) is 0 Å². The molecule has 10 aromatic rings. The molecular formula is C52H32N4O. The van der Waals surface area contributed by atoms with Crippen LogP contribution < -0.4 is 0 Å². The Labute approximate surface area is 329 Å². The molecule has 0 bridgehead atoms. The van der Waals surface area contributed by atoms with E-state index in [0.717, 1.165) is 72.0 Å². The first-order valence-electron chi connectivity index (χ1n) is 18.8. The fraction of sp³-hybridized carbons (Fsp3) is 0. The Morgan fingerprint density at radius 1 is 0.351 bits per heavy atom. The number of rotatable bonds is 7. The summed E-state index contributed by atoms with van der Waals surface area (Å²) >= 11 is 0. The molecule has 0 aliphatic carbocycles. The van der Waals surface area contributed by atoms with Gasteiger partial charge < -0.3 is 4.42 Å². The van der Waals surface area contributed by atoms with Gasteiger partial charge in [-0.2, -0.15) is 5.26 Å². The van der Waals surface area contributed by atoms with Gasteiger partial charge >= 0.3 is 0 Å². The smallest absolute Gasteiger partial charge is 0.164 e. The first kappa shape index (κ1) is 33.6. The summed E-state index contributed by atoms with van der Waals surface area (Å²) in [6, 6.07) is 68.2. The molecule has 0 spiro atoms. The van der Waals surface area contributed by atoms with E-state index in [0.29, 0.717) is 23.0 Å². The molecule has 0 atom stereocenters. The minimum Gasteiger partial charge on any atom is -0.456 e. The second kappa shape index (κ2) is 14.4. The van der Waals surface area contributed by atoms with Crippen LogP contribution in [0.1, 0.15) is 5.56 Å². The van der Waals surface area contributed by atoms with E-state index >= 15 is 0 Å². The van der Waals surface area contributed by atoms with Gasteiger partial charge in [0.05, 0.1) is 11.6 Å². The van der Waals surface area contributed by atoms with Crippen molar-refractivity contribution in [2.75, 3.05) is 0 Å². The number of nitriles is 1. The van der Waals surface area contributed by atoms with Gasteiger partial charge in [-0.15, -0.1) is 0 Å². The Morgan fingerprint density at radius 2 is 0.825 bits per heavy atom. The molecule has 5 heteroatoms. The molecule has 0 saturated carbocycles. The first-order chi connectivity index (χ1) is 28.2. The summed E-state index contributed by atoms with van der Waals surface area (Å²) < 4.78 is 6.57. The molecule has 0 radical (unpaired) electrons. The molecular weight excluding hydrogens is 697 g/mol. The van der Waals surface area contributed by atoms with Crippen LogP contribution in [0, 0.1) is 11.3 Å². The van der Waals surface area contributed by atoms with E-state index in [1.165, 1.54) is 11.1 Å². The van der Waals surface area contributed by atoms with E-state index in [9.17, 15) is 5.26 Å². The maximum absolute atomic E-state index is 9.45. The second-order valence-corrected chi connectivity index (χ2v) is 14.0. The van der Waals surface area contributed by atoms with Gasteiger partial charge in [-0.25, -0.2) is 15.0 Å². The van der Waals surface area contributed by atoms with Crippen LogP contribution in [0.4, 0.5) is 0 Å². The summed E-state index contributed by atoms with van der Waals surface area (Å²) in [5.74, 6) is 1.68. The summed E-state index contributed by atoms with van der Waals surface area (Å²) in [4.78, 5) is 15.2. The zero-order chi connectivity index (χ0) is 38.1. The Kier molecular flexibility index (Phi) is 8.48. The van der Waals surface area contributed by atoms with Crippen LogP contribution in [0.3, 0.4) is 0 Å². The molecule has 5 nitrogen and oxygen atoms in total. The van der Waals surface area contributed by atoms with E-state index in [1.54, 1.807) is 0 Å². The monoisotopic (exact) mass is 728 g/mol. The quantitative estimate of drug-likeness (QED) is 0.163. The summed E-state index contributed by atoms with van der Waals surface area (Å²) in [7, 11) is 0. The molecule has 2 heterocycles. The zero-order valence-electron chi connectivity index (χ0n) is 30.7. The van der Waals surface area contributed by atoms with Crippen molar-refractivity contribution in [3.63, 3.8) is 0 Å². The minimum atomic E-state index is 0.545. The van der Waals surface area contributed by atoms with Crippen molar-refractivity contribution in [3.05, 3.63) is 200 Å². The van der Waals surface area contributed by atoms with Gasteiger partial charge in [-0.3, -0.25) is 0 Å². The number of furan rings is 1. The van der Waals surface area contributed by atoms with Gasteiger partial charge in [0.2, 0.25) is 0 Å². The lowest BCUT2D eigenvalue weighted by Crippen LogP contribution is -2.00. The fourth-order valence-electron chi connectivity index (χ4n) is 7.51. The molecule has 266 valence electrons. The molecule has 0 unspecified atom stereocenters. The SMILES string of the molecule is N#Cc1cccc(-c2ccc(-c3nc(-c4cccc(-c5ccccc5)c4)nc(-c4ccc5c(c4)oc4cccc(-c6cccc(-c7ccccc7)c6)c45)n3)cc2)c1. The van der Waals surface area contributed by atoms with Gasteiger partial charge in [0.15, 0.2) is 17.5 Å². The number of fused-ring (bicyclic) bond motifs is 3. The van der Waals surface area contributed by atoms with Crippen LogP contribution in [0.5, 0.6) is 0 Å². The third-order valence-corrected chi connectivity index (χ3v) is 10.4. The van der Waals surface area contributed by atoms with Crippen LogP contribution in [0.25, 0.3) is 101 Å². The molecule has 0 aliphatic heterocycles. The lowest BCUT2D eigenvalue weighted by atomic mass is 9.96. The van der Waals surface area contributed by atoms with Crippen molar-refractivity contribution in [1.29, 1.82) is 5.26 Å². The van der Waals surface area contributed by atoms with E-state index < -0.39 is 0 Å². The van der Waals surface area contributed by atoms with Crippen LogP contribution >= 0.6 is 0 Å². The Morgan fingerprint density at radius 3 is 1.49 bits per heavy atom. The topological polar surface area (TPSA) is 75.6 Å². The van der Waals surface area contributed by atoms with Crippen molar-refractivity contribution in [3.8, 4) is 84.7 Å². The van der Waals surface area contributed by atoms with E-state index in [2.05, 4.69) is 103 Å². The number of aromatic nitrogens is 3. The average molecular weight is 729 g/mol. The molecule has 0 N–H and O–H groups in total. The molecule has 57 heavy (non-hydrogen) atoms. The largest absolute Gasteiger partial charge is 0.456 e. The number of hydrogen-bond donors (Lipinski definition) is 0. The highest BCUT2D eigenvalue weighted by Gasteiger charge is 2.17. The molecule has 2 aromatic heterocycles. The summed E-state index contributed by atoms with van der Waals surface area (Å²) in [5.41, 5.74) is 13.5. The molecule has 0 saturated heterocycles. The van der Waals surface area contributed by atoms with Crippen molar-refractivity contribution in [1.82, 2.24) is 15.0 Å². The molecule has 0 fully saturated rings. The first-order valence-corrected chi connectivity index (χ1v) is 18.8. The Hall–Kier alpha value is -7.94. The van der Waals surface area contributed by atoms with Crippen LogP contribution in [-0.2, 0) is 0 Å². The predicted molar refractivity (Wildman–Crippen MR) is 230 cm³/mol. The highest BCUT2D eigenvalue weighted by Crippen LogP contribution is 2.39. The predicted octanol–water partition coefficient (Wildman–Crippen LogP) is 13.3. The molecule has 0 aliphatic rings. The normalized spacial score (nSPS) is 11.1. The lowest BCUT2D eigenvalue weighted by Gasteiger charge is -2.10. The van der Waals surface area contributed by atoms with Gasteiger partial charge in [-0.05, 0) is 87.0 Å². The zero-order valence-corrected chi connectivity index (χ0v) is 30.7. The number of benzene rings is 8. The lowest BCUT2D eigenvalue weighted by molar-refractivity contribution is 0.669. The van der Waals surface area contributed by atoms with Crippen molar-refractivity contribution in [2.45, 2.75) is 0 Å². The van der Waals surface area contributed by atoms with Gasteiger partial charge in [0, 0.05) is 27.5 Å². The summed E-state index contributed by atoms with van der Waals surface area (Å²) in [6.07, 6.45) is 0. The van der Waals surface area contributed by atoms with Gasteiger partial charge in [0.1, 0.15) is 11.2 Å². The highest BCUT2D eigenvalue weighted by atomic mass is 16.3. The number of hydrogen-bond acceptors (Lipinski definition) is 5. The van der Waals surface area contributed by atoms with Crippen molar-refractivity contribution >= 4 is 21.9 Å². The van der Waals surface area contributed by atoms with Gasteiger partial charge in [-0.1, -0.05) is 152 Å². The summed E-state index contributed by atoms with van der Waals surface area (Å²) in [5, 5.41) is 11.5. The van der Waals surface area contributed by atoms with E-state index in [1.807, 2.05) is 97.1 Å². The van der Waals surface area contributed by atoms with Crippen LogP contribution in [0.2, 0.25) is 0 Å². The number of nitrogens with zero attached hydrogens (tertiary/aromatic N) is 4. The second-order valence-electron chi connectivity index (χ2n) is 14.0. The standard InChI is InChI=1S/C52H32N4O/c53-33-34-11-7-16-39(29-34)37-23-25-38(26-24-37)50-54-51(43-20-9-18-41(31-43)36-14-5-2-6-15-36)56-52(55-50)44-27-28-46-48(32-44)57-47-22-10-21-45(49(46)47)42-19-8-17-40(30-42)35-12-3-1-4-13-35/h1-32H. The molecule has 10 rings (SSSR count). The van der Waals surface area contributed by atoms with Crippen molar-refractivity contribution in [2.24, 2.45) is 0 Å². The van der Waals surface area contributed by atoms with E-state index in [4.69, 9.17) is 19.4 Å². The minimum absolute atomic E-state index is 0.545. The van der Waals surface area contributed by atoms with Crippen LogP contribution in [0.15, 0.2) is 199 Å². The molecule has 0 amide bonds. The van der Waals surface area contributed by atoms with Gasteiger partial charge in [0.25, 0.3) is 0 Å². The fourth-order valence-corrected chi connectivity index (χ4v) is 7.51.